The Labute approximate surface area is 150 Å². The van der Waals surface area contributed by atoms with Crippen LogP contribution in [0.25, 0.3) is 0 Å². The summed E-state index contributed by atoms with van der Waals surface area (Å²) in [5, 5.41) is 0. The molecule has 3 rings (SSSR count). The van der Waals surface area contributed by atoms with Crippen molar-refractivity contribution in [1.82, 2.24) is 4.90 Å². The quantitative estimate of drug-likeness (QED) is 0.675. The fraction of sp³-hybridized carbons (Fsp3) is 0.667. The Balaban J connectivity index is 1.83. The molecule has 0 aromatic heterocycles. The molecule has 2 unspecified atom stereocenters. The molecule has 2 fully saturated rings. The van der Waals surface area contributed by atoms with E-state index in [1.807, 2.05) is 6.07 Å². The van der Waals surface area contributed by atoms with Crippen LogP contribution in [-0.4, -0.2) is 36.6 Å². The zero-order valence-corrected chi connectivity index (χ0v) is 15.6. The van der Waals surface area contributed by atoms with E-state index in [0.29, 0.717) is 5.92 Å². The third-order valence-electron chi connectivity index (χ3n) is 5.95. The third-order valence-corrected chi connectivity index (χ3v) is 5.95. The van der Waals surface area contributed by atoms with E-state index in [1.54, 1.807) is 6.07 Å². The third kappa shape index (κ3) is 3.89. The van der Waals surface area contributed by atoms with Gasteiger partial charge >= 0.3 is 5.97 Å². The van der Waals surface area contributed by atoms with Crippen LogP contribution in [-0.2, 0) is 9.53 Å². The van der Waals surface area contributed by atoms with E-state index in [-0.39, 0.29) is 29.8 Å². The molecule has 1 heterocycles. The Hall–Kier alpha value is -1.42. The average molecular weight is 347 g/mol. The minimum absolute atomic E-state index is 0.0801. The van der Waals surface area contributed by atoms with Gasteiger partial charge in [-0.2, -0.15) is 0 Å². The van der Waals surface area contributed by atoms with Crippen LogP contribution >= 0.6 is 0 Å². The van der Waals surface area contributed by atoms with Gasteiger partial charge in [0.25, 0.3) is 0 Å². The van der Waals surface area contributed by atoms with Crippen molar-refractivity contribution in [3.63, 3.8) is 0 Å². The van der Waals surface area contributed by atoms with Gasteiger partial charge < -0.3 is 4.74 Å². The van der Waals surface area contributed by atoms with E-state index in [1.165, 1.54) is 20.0 Å². The molecule has 0 N–H and O–H groups in total. The first-order valence-electron chi connectivity index (χ1n) is 9.69. The van der Waals surface area contributed by atoms with E-state index < -0.39 is 0 Å². The van der Waals surface area contributed by atoms with Crippen molar-refractivity contribution in [1.29, 1.82) is 0 Å². The van der Waals surface area contributed by atoms with Crippen molar-refractivity contribution < 1.29 is 13.9 Å². The Kier molecular flexibility index (Phi) is 5.78. The highest BCUT2D eigenvalue weighted by Gasteiger charge is 2.38. The lowest BCUT2D eigenvalue weighted by molar-refractivity contribution is -0.146. The first kappa shape index (κ1) is 18.4. The number of halogens is 1. The number of benzene rings is 1. The summed E-state index contributed by atoms with van der Waals surface area (Å²) < 4.78 is 19.8. The SMILES string of the molecule is CCCC(c1ccc(C2CC2)cc1F)C(C)N1CCC[C@@H]1C(=O)OC. The van der Waals surface area contributed by atoms with Crippen LogP contribution in [0.2, 0.25) is 0 Å². The summed E-state index contributed by atoms with van der Waals surface area (Å²) in [4.78, 5) is 14.3. The summed E-state index contributed by atoms with van der Waals surface area (Å²) in [7, 11) is 1.45. The molecule has 1 aromatic carbocycles. The highest BCUT2D eigenvalue weighted by molar-refractivity contribution is 5.76. The van der Waals surface area contributed by atoms with Gasteiger partial charge in [-0.05, 0) is 68.7 Å². The van der Waals surface area contributed by atoms with E-state index in [2.05, 4.69) is 24.8 Å². The van der Waals surface area contributed by atoms with Crippen LogP contribution in [0.15, 0.2) is 18.2 Å². The molecule has 0 radical (unpaired) electrons. The number of esters is 1. The van der Waals surface area contributed by atoms with Crippen LogP contribution in [0.3, 0.4) is 0 Å². The second-order valence-electron chi connectivity index (χ2n) is 7.61. The van der Waals surface area contributed by atoms with Crippen LogP contribution in [0.5, 0.6) is 0 Å². The van der Waals surface area contributed by atoms with Crippen LogP contribution < -0.4 is 0 Å². The van der Waals surface area contributed by atoms with Gasteiger partial charge in [-0.1, -0.05) is 25.5 Å². The fourth-order valence-corrected chi connectivity index (χ4v) is 4.38. The maximum atomic E-state index is 14.9. The lowest BCUT2D eigenvalue weighted by Gasteiger charge is -2.35. The van der Waals surface area contributed by atoms with Gasteiger partial charge in [0.15, 0.2) is 0 Å². The van der Waals surface area contributed by atoms with Crippen LogP contribution in [0.1, 0.15) is 75.3 Å². The number of carbonyl (C=O) groups is 1. The number of carbonyl (C=O) groups excluding carboxylic acids is 1. The number of hydrogen-bond acceptors (Lipinski definition) is 3. The molecule has 1 saturated carbocycles. The lowest BCUT2D eigenvalue weighted by atomic mass is 9.86. The molecule has 0 bridgehead atoms. The summed E-state index contributed by atoms with van der Waals surface area (Å²) in [6.07, 6.45) is 6.11. The normalized spacial score (nSPS) is 23.4. The molecule has 3 atom stereocenters. The zero-order chi connectivity index (χ0) is 18.0. The fourth-order valence-electron chi connectivity index (χ4n) is 4.38. The number of likely N-dealkylation sites (tertiary alicyclic amines) is 1. The first-order valence-corrected chi connectivity index (χ1v) is 9.69. The molecule has 3 nitrogen and oxygen atoms in total. The minimum Gasteiger partial charge on any atom is -0.468 e. The highest BCUT2D eigenvalue weighted by Crippen LogP contribution is 2.42. The summed E-state index contributed by atoms with van der Waals surface area (Å²) in [5.74, 6) is 0.420. The minimum atomic E-state index is -0.187. The number of ether oxygens (including phenoxy) is 1. The van der Waals surface area contributed by atoms with E-state index in [0.717, 1.165) is 43.4 Å². The van der Waals surface area contributed by atoms with E-state index in [4.69, 9.17) is 4.74 Å². The van der Waals surface area contributed by atoms with Gasteiger partial charge in [0, 0.05) is 12.0 Å². The maximum Gasteiger partial charge on any atom is 0.323 e. The van der Waals surface area contributed by atoms with Crippen molar-refractivity contribution in [2.75, 3.05) is 13.7 Å². The molecule has 1 aliphatic carbocycles. The number of hydrogen-bond donors (Lipinski definition) is 0. The molecular formula is C21H30FNO2. The Morgan fingerprint density at radius 3 is 2.72 bits per heavy atom. The standard InChI is InChI=1S/C21H30FNO2/c1-4-6-17(14(2)23-12-5-7-20(23)21(24)25-3)18-11-10-16(13-19(18)22)15-8-9-15/h10-11,13-15,17,20H,4-9,12H2,1-3H3/t14?,17?,20-/m1/s1. The average Bonchev–Trinajstić information content (AvgIpc) is 3.35. The van der Waals surface area contributed by atoms with Crippen molar-refractivity contribution in [3.8, 4) is 0 Å². The van der Waals surface area contributed by atoms with Crippen molar-refractivity contribution in [3.05, 3.63) is 35.1 Å². The lowest BCUT2D eigenvalue weighted by Crippen LogP contribution is -2.45. The van der Waals surface area contributed by atoms with Gasteiger partial charge in [-0.15, -0.1) is 0 Å². The molecule has 1 aliphatic heterocycles. The van der Waals surface area contributed by atoms with Gasteiger partial charge in [-0.25, -0.2) is 4.39 Å². The van der Waals surface area contributed by atoms with Gasteiger partial charge in [0.1, 0.15) is 11.9 Å². The largest absolute Gasteiger partial charge is 0.468 e. The Bertz CT molecular complexity index is 614. The van der Waals surface area contributed by atoms with Crippen LogP contribution in [0, 0.1) is 5.82 Å². The topological polar surface area (TPSA) is 29.5 Å². The second-order valence-corrected chi connectivity index (χ2v) is 7.61. The van der Waals surface area contributed by atoms with E-state index >= 15 is 0 Å². The molecule has 0 amide bonds. The summed E-state index contributed by atoms with van der Waals surface area (Å²) in [5.41, 5.74) is 1.94. The predicted molar refractivity (Wildman–Crippen MR) is 97.2 cm³/mol. The molecule has 2 aliphatic rings. The van der Waals surface area contributed by atoms with Gasteiger partial charge in [0.05, 0.1) is 7.11 Å². The smallest absolute Gasteiger partial charge is 0.323 e. The molecule has 1 saturated heterocycles. The molecule has 0 spiro atoms. The van der Waals surface area contributed by atoms with E-state index in [9.17, 15) is 9.18 Å². The second kappa shape index (κ2) is 7.86. The number of rotatable bonds is 7. The maximum absolute atomic E-state index is 14.9. The monoisotopic (exact) mass is 347 g/mol. The van der Waals surface area contributed by atoms with Crippen LogP contribution in [0.4, 0.5) is 4.39 Å². The molecule has 25 heavy (non-hydrogen) atoms. The summed E-state index contributed by atoms with van der Waals surface area (Å²) in [6, 6.07) is 5.77. The number of nitrogens with zero attached hydrogens (tertiary/aromatic N) is 1. The molecule has 1 aromatic rings. The number of methoxy groups -OCH3 is 1. The predicted octanol–water partition coefficient (Wildman–Crippen LogP) is 4.61. The summed E-state index contributed by atoms with van der Waals surface area (Å²) in [6.45, 7) is 5.15. The van der Waals surface area contributed by atoms with Crippen molar-refractivity contribution >= 4 is 5.97 Å². The van der Waals surface area contributed by atoms with Crippen molar-refractivity contribution in [2.24, 2.45) is 0 Å². The highest BCUT2D eigenvalue weighted by atomic mass is 19.1. The Morgan fingerprint density at radius 2 is 2.12 bits per heavy atom. The Morgan fingerprint density at radius 1 is 1.36 bits per heavy atom. The zero-order valence-electron chi connectivity index (χ0n) is 15.6. The molecule has 4 heteroatoms. The summed E-state index contributed by atoms with van der Waals surface area (Å²) >= 11 is 0. The van der Waals surface area contributed by atoms with Gasteiger partial charge in [0.2, 0.25) is 0 Å². The molecular weight excluding hydrogens is 317 g/mol. The van der Waals surface area contributed by atoms with Gasteiger partial charge in [-0.3, -0.25) is 9.69 Å². The van der Waals surface area contributed by atoms with Crippen molar-refractivity contribution in [2.45, 2.75) is 76.3 Å². The molecule has 138 valence electrons. The first-order chi connectivity index (χ1) is 12.1.